The molecule has 1 N–H and O–H groups in total. The molecule has 0 spiro atoms. The van der Waals surface area contributed by atoms with E-state index in [0.29, 0.717) is 18.2 Å². The second-order valence-corrected chi connectivity index (χ2v) is 4.64. The van der Waals surface area contributed by atoms with E-state index in [1.165, 1.54) is 0 Å². The van der Waals surface area contributed by atoms with E-state index in [-0.39, 0.29) is 5.97 Å². The number of carbonyl (C=O) groups is 1. The molecular formula is C14H21N3O2. The van der Waals surface area contributed by atoms with Crippen molar-refractivity contribution in [3.8, 4) is 0 Å². The highest BCUT2D eigenvalue weighted by Crippen LogP contribution is 2.26. The van der Waals surface area contributed by atoms with Crippen LogP contribution in [-0.2, 0) is 4.74 Å². The Kier molecular flexibility index (Phi) is 4.74. The highest BCUT2D eigenvalue weighted by Gasteiger charge is 2.28. The number of carbonyl (C=O) groups excluding carboxylic acids is 1. The van der Waals surface area contributed by atoms with Gasteiger partial charge in [0.2, 0.25) is 0 Å². The Labute approximate surface area is 114 Å². The number of anilines is 1. The summed E-state index contributed by atoms with van der Waals surface area (Å²) in [6.07, 6.45) is 3.98. The molecule has 0 radical (unpaired) electrons. The highest BCUT2D eigenvalue weighted by molar-refractivity contribution is 5.94. The summed E-state index contributed by atoms with van der Waals surface area (Å²) in [7, 11) is 1.95. The number of hydrogen-bond donors (Lipinski definition) is 1. The van der Waals surface area contributed by atoms with Crippen LogP contribution in [0.15, 0.2) is 18.3 Å². The molecule has 0 amide bonds. The minimum atomic E-state index is -0.291. The lowest BCUT2D eigenvalue weighted by Gasteiger charge is -2.26. The smallest absolute Gasteiger partial charge is 0.341 e. The SMILES string of the molecule is CCOC(=O)c1cccnc1N1CCCC1CNC. The van der Waals surface area contributed by atoms with E-state index in [1.54, 1.807) is 18.3 Å². The molecule has 0 aliphatic carbocycles. The van der Waals surface area contributed by atoms with Gasteiger partial charge in [-0.1, -0.05) is 0 Å². The van der Waals surface area contributed by atoms with Gasteiger partial charge in [-0.3, -0.25) is 0 Å². The van der Waals surface area contributed by atoms with Crippen molar-refractivity contribution in [2.45, 2.75) is 25.8 Å². The summed E-state index contributed by atoms with van der Waals surface area (Å²) in [5.74, 6) is 0.458. The van der Waals surface area contributed by atoms with Crippen LogP contribution in [0.25, 0.3) is 0 Å². The molecule has 1 aromatic rings. The molecule has 0 bridgehead atoms. The Morgan fingerprint density at radius 3 is 3.21 bits per heavy atom. The molecule has 2 rings (SSSR count). The number of aromatic nitrogens is 1. The van der Waals surface area contributed by atoms with Crippen LogP contribution in [0.5, 0.6) is 0 Å². The molecule has 104 valence electrons. The fourth-order valence-corrected chi connectivity index (χ4v) is 2.56. The van der Waals surface area contributed by atoms with Crippen molar-refractivity contribution < 1.29 is 9.53 Å². The zero-order chi connectivity index (χ0) is 13.7. The van der Waals surface area contributed by atoms with E-state index >= 15 is 0 Å². The van der Waals surface area contributed by atoms with Gasteiger partial charge >= 0.3 is 5.97 Å². The van der Waals surface area contributed by atoms with Gasteiger partial charge in [-0.25, -0.2) is 9.78 Å². The third kappa shape index (κ3) is 3.04. The van der Waals surface area contributed by atoms with Gasteiger partial charge in [-0.15, -0.1) is 0 Å². The highest BCUT2D eigenvalue weighted by atomic mass is 16.5. The number of likely N-dealkylation sites (N-methyl/N-ethyl adjacent to an activating group) is 1. The van der Waals surface area contributed by atoms with Crippen molar-refractivity contribution in [1.82, 2.24) is 10.3 Å². The quantitative estimate of drug-likeness (QED) is 0.815. The maximum absolute atomic E-state index is 12.0. The fourth-order valence-electron chi connectivity index (χ4n) is 2.56. The number of hydrogen-bond acceptors (Lipinski definition) is 5. The van der Waals surface area contributed by atoms with Crippen LogP contribution < -0.4 is 10.2 Å². The van der Waals surface area contributed by atoms with Gasteiger partial charge in [0.05, 0.1) is 6.61 Å². The minimum absolute atomic E-state index is 0.291. The average Bonchev–Trinajstić information content (AvgIpc) is 2.87. The van der Waals surface area contributed by atoms with Crippen molar-refractivity contribution in [1.29, 1.82) is 0 Å². The topological polar surface area (TPSA) is 54.5 Å². The van der Waals surface area contributed by atoms with E-state index < -0.39 is 0 Å². The van der Waals surface area contributed by atoms with Gasteiger partial charge in [-0.2, -0.15) is 0 Å². The molecule has 5 heteroatoms. The summed E-state index contributed by atoms with van der Waals surface area (Å²) in [4.78, 5) is 18.6. The van der Waals surface area contributed by atoms with Crippen molar-refractivity contribution in [2.24, 2.45) is 0 Å². The lowest BCUT2D eigenvalue weighted by Crippen LogP contribution is -2.38. The van der Waals surface area contributed by atoms with Crippen LogP contribution in [0.4, 0.5) is 5.82 Å². The average molecular weight is 263 g/mol. The Hall–Kier alpha value is -1.62. The number of nitrogens with zero attached hydrogens (tertiary/aromatic N) is 2. The van der Waals surface area contributed by atoms with Crippen LogP contribution in [0.1, 0.15) is 30.1 Å². The molecule has 19 heavy (non-hydrogen) atoms. The standard InChI is InChI=1S/C14H21N3O2/c1-3-19-14(18)12-7-4-8-16-13(12)17-9-5-6-11(17)10-15-2/h4,7-8,11,15H,3,5-6,9-10H2,1-2H3. The van der Waals surface area contributed by atoms with E-state index in [0.717, 1.165) is 31.7 Å². The predicted octanol–water partition coefficient (Wildman–Crippen LogP) is 1.45. The second-order valence-electron chi connectivity index (χ2n) is 4.64. The van der Waals surface area contributed by atoms with E-state index in [9.17, 15) is 4.79 Å². The summed E-state index contributed by atoms with van der Waals surface area (Å²) >= 11 is 0. The third-order valence-corrected chi connectivity index (χ3v) is 3.37. The van der Waals surface area contributed by atoms with Gasteiger partial charge in [0, 0.05) is 25.3 Å². The molecule has 1 saturated heterocycles. The summed E-state index contributed by atoms with van der Waals surface area (Å²) in [6.45, 7) is 4.04. The summed E-state index contributed by atoms with van der Waals surface area (Å²) in [5, 5.41) is 3.20. The molecule has 1 atom stereocenters. The first-order chi connectivity index (χ1) is 9.27. The van der Waals surface area contributed by atoms with Crippen LogP contribution in [0.3, 0.4) is 0 Å². The minimum Gasteiger partial charge on any atom is -0.462 e. The normalized spacial score (nSPS) is 18.6. The molecule has 1 aromatic heterocycles. The molecule has 1 aliphatic rings. The maximum atomic E-state index is 12.0. The zero-order valence-corrected chi connectivity index (χ0v) is 11.6. The Morgan fingerprint density at radius 2 is 2.47 bits per heavy atom. The zero-order valence-electron chi connectivity index (χ0n) is 11.6. The predicted molar refractivity (Wildman–Crippen MR) is 74.5 cm³/mol. The fraction of sp³-hybridized carbons (Fsp3) is 0.571. The van der Waals surface area contributed by atoms with Gasteiger partial charge in [0.25, 0.3) is 0 Å². The molecule has 0 saturated carbocycles. The first-order valence-electron chi connectivity index (χ1n) is 6.81. The molecule has 2 heterocycles. The Morgan fingerprint density at radius 1 is 1.63 bits per heavy atom. The Bertz CT molecular complexity index is 436. The van der Waals surface area contributed by atoms with Crippen LogP contribution in [0.2, 0.25) is 0 Å². The number of nitrogens with one attached hydrogen (secondary N) is 1. The van der Waals surface area contributed by atoms with Crippen molar-refractivity contribution >= 4 is 11.8 Å². The van der Waals surface area contributed by atoms with Gasteiger partial charge in [0.1, 0.15) is 11.4 Å². The van der Waals surface area contributed by atoms with E-state index in [2.05, 4.69) is 15.2 Å². The summed E-state index contributed by atoms with van der Waals surface area (Å²) < 4.78 is 5.10. The molecule has 1 aliphatic heterocycles. The van der Waals surface area contributed by atoms with E-state index in [1.807, 2.05) is 14.0 Å². The molecule has 5 nitrogen and oxygen atoms in total. The summed E-state index contributed by atoms with van der Waals surface area (Å²) in [6, 6.07) is 3.96. The molecular weight excluding hydrogens is 242 g/mol. The number of pyridine rings is 1. The maximum Gasteiger partial charge on any atom is 0.341 e. The number of ether oxygens (including phenoxy) is 1. The number of esters is 1. The van der Waals surface area contributed by atoms with E-state index in [4.69, 9.17) is 4.74 Å². The van der Waals surface area contributed by atoms with Crippen LogP contribution in [-0.4, -0.2) is 43.7 Å². The number of rotatable bonds is 5. The van der Waals surface area contributed by atoms with Gasteiger partial charge in [0.15, 0.2) is 0 Å². The van der Waals surface area contributed by atoms with Crippen LogP contribution in [0, 0.1) is 0 Å². The van der Waals surface area contributed by atoms with Gasteiger partial charge < -0.3 is 15.0 Å². The lowest BCUT2D eigenvalue weighted by atomic mass is 10.2. The largest absolute Gasteiger partial charge is 0.462 e. The second kappa shape index (κ2) is 6.52. The third-order valence-electron chi connectivity index (χ3n) is 3.37. The first-order valence-corrected chi connectivity index (χ1v) is 6.81. The lowest BCUT2D eigenvalue weighted by molar-refractivity contribution is 0.0526. The van der Waals surface area contributed by atoms with Crippen molar-refractivity contribution in [3.63, 3.8) is 0 Å². The first kappa shape index (κ1) is 13.8. The summed E-state index contributed by atoms with van der Waals surface area (Å²) in [5.41, 5.74) is 0.562. The molecule has 1 unspecified atom stereocenters. The molecule has 0 aromatic carbocycles. The monoisotopic (exact) mass is 263 g/mol. The van der Waals surface area contributed by atoms with Crippen molar-refractivity contribution in [2.75, 3.05) is 31.6 Å². The van der Waals surface area contributed by atoms with Gasteiger partial charge in [-0.05, 0) is 38.9 Å². The Balaban J connectivity index is 2.26. The van der Waals surface area contributed by atoms with Crippen LogP contribution >= 0.6 is 0 Å². The molecule has 1 fully saturated rings. The van der Waals surface area contributed by atoms with Crippen molar-refractivity contribution in [3.05, 3.63) is 23.9 Å².